The number of nitrogens with two attached hydrogens (primary N) is 1. The standard InChI is InChI=1S/C15H18ClN3O/c1-3-19-10-13(17)8-14(19)15(20)18(2)9-11-5-4-6-12(16)7-11/h4-8,10H,3,9,17H2,1-2H3. The predicted molar refractivity (Wildman–Crippen MR) is 81.8 cm³/mol. The average molecular weight is 292 g/mol. The number of anilines is 1. The van der Waals surface area contributed by atoms with Gasteiger partial charge in [0.15, 0.2) is 0 Å². The van der Waals surface area contributed by atoms with E-state index in [1.165, 1.54) is 0 Å². The molecule has 0 fully saturated rings. The average Bonchev–Trinajstić information content (AvgIpc) is 2.79. The van der Waals surface area contributed by atoms with E-state index in [9.17, 15) is 4.79 Å². The lowest BCUT2D eigenvalue weighted by Crippen LogP contribution is -2.28. The van der Waals surface area contributed by atoms with Gasteiger partial charge < -0.3 is 15.2 Å². The van der Waals surface area contributed by atoms with Crippen molar-refractivity contribution >= 4 is 23.2 Å². The van der Waals surface area contributed by atoms with Gasteiger partial charge in [-0.1, -0.05) is 23.7 Å². The molecule has 1 aromatic carbocycles. The summed E-state index contributed by atoms with van der Waals surface area (Å²) in [5, 5.41) is 0.671. The minimum atomic E-state index is -0.0523. The van der Waals surface area contributed by atoms with Crippen LogP contribution in [-0.2, 0) is 13.1 Å². The van der Waals surface area contributed by atoms with E-state index in [1.54, 1.807) is 24.2 Å². The van der Waals surface area contributed by atoms with Crippen molar-refractivity contribution in [3.8, 4) is 0 Å². The number of carbonyl (C=O) groups excluding carboxylic acids is 1. The minimum absolute atomic E-state index is 0.0523. The zero-order chi connectivity index (χ0) is 14.7. The Kier molecular flexibility index (Phi) is 4.35. The van der Waals surface area contributed by atoms with Crippen molar-refractivity contribution in [2.75, 3.05) is 12.8 Å². The Labute approximate surface area is 123 Å². The van der Waals surface area contributed by atoms with Crippen LogP contribution in [0.25, 0.3) is 0 Å². The maximum Gasteiger partial charge on any atom is 0.270 e. The predicted octanol–water partition coefficient (Wildman–Crippen LogP) is 3.02. The second-order valence-electron chi connectivity index (χ2n) is 4.74. The SMILES string of the molecule is CCn1cc(N)cc1C(=O)N(C)Cc1cccc(Cl)c1. The van der Waals surface area contributed by atoms with Gasteiger partial charge in [0, 0.05) is 31.4 Å². The van der Waals surface area contributed by atoms with E-state index in [2.05, 4.69) is 0 Å². The van der Waals surface area contributed by atoms with E-state index in [4.69, 9.17) is 17.3 Å². The first-order valence-electron chi connectivity index (χ1n) is 6.46. The first kappa shape index (κ1) is 14.5. The number of aryl methyl sites for hydroxylation is 1. The molecule has 1 aromatic heterocycles. The van der Waals surface area contributed by atoms with E-state index in [1.807, 2.05) is 35.8 Å². The maximum atomic E-state index is 12.4. The summed E-state index contributed by atoms with van der Waals surface area (Å²) in [6.07, 6.45) is 1.78. The van der Waals surface area contributed by atoms with Crippen molar-refractivity contribution in [3.63, 3.8) is 0 Å². The number of hydrogen-bond donors (Lipinski definition) is 1. The fraction of sp³-hybridized carbons (Fsp3) is 0.267. The van der Waals surface area contributed by atoms with Crippen LogP contribution < -0.4 is 5.73 Å². The summed E-state index contributed by atoms with van der Waals surface area (Å²) < 4.78 is 1.85. The molecule has 0 aliphatic rings. The van der Waals surface area contributed by atoms with Gasteiger partial charge in [-0.2, -0.15) is 0 Å². The number of aromatic nitrogens is 1. The van der Waals surface area contributed by atoms with Crippen LogP contribution in [0.4, 0.5) is 5.69 Å². The molecule has 1 heterocycles. The van der Waals surface area contributed by atoms with Crippen LogP contribution in [0.2, 0.25) is 5.02 Å². The molecule has 0 bridgehead atoms. The Morgan fingerprint density at radius 1 is 1.40 bits per heavy atom. The lowest BCUT2D eigenvalue weighted by atomic mass is 10.2. The molecule has 0 aliphatic carbocycles. The van der Waals surface area contributed by atoms with E-state index in [-0.39, 0.29) is 5.91 Å². The number of hydrogen-bond acceptors (Lipinski definition) is 2. The highest BCUT2D eigenvalue weighted by Gasteiger charge is 2.16. The molecular formula is C15H18ClN3O. The van der Waals surface area contributed by atoms with Gasteiger partial charge in [0.2, 0.25) is 0 Å². The third-order valence-corrected chi connectivity index (χ3v) is 3.37. The quantitative estimate of drug-likeness (QED) is 0.941. The molecule has 5 heteroatoms. The molecule has 0 aliphatic heterocycles. The van der Waals surface area contributed by atoms with Crippen LogP contribution >= 0.6 is 11.6 Å². The number of benzene rings is 1. The third kappa shape index (κ3) is 3.14. The van der Waals surface area contributed by atoms with Crippen LogP contribution in [0.3, 0.4) is 0 Å². The largest absolute Gasteiger partial charge is 0.397 e. The molecule has 0 spiro atoms. The van der Waals surface area contributed by atoms with Crippen molar-refractivity contribution in [2.24, 2.45) is 0 Å². The van der Waals surface area contributed by atoms with Gasteiger partial charge in [-0.25, -0.2) is 0 Å². The Morgan fingerprint density at radius 3 is 2.80 bits per heavy atom. The molecule has 1 amide bonds. The van der Waals surface area contributed by atoms with Crippen molar-refractivity contribution < 1.29 is 4.79 Å². The van der Waals surface area contributed by atoms with Gasteiger partial charge in [0.1, 0.15) is 5.69 Å². The van der Waals surface area contributed by atoms with Gasteiger partial charge in [-0.15, -0.1) is 0 Å². The number of rotatable bonds is 4. The molecule has 2 rings (SSSR count). The highest BCUT2D eigenvalue weighted by atomic mass is 35.5. The smallest absolute Gasteiger partial charge is 0.270 e. The maximum absolute atomic E-state index is 12.4. The van der Waals surface area contributed by atoms with E-state index < -0.39 is 0 Å². The summed E-state index contributed by atoms with van der Waals surface area (Å²) >= 11 is 5.95. The Balaban J connectivity index is 2.16. The van der Waals surface area contributed by atoms with Crippen LogP contribution in [0.5, 0.6) is 0 Å². The van der Waals surface area contributed by atoms with Crippen LogP contribution in [0.1, 0.15) is 23.0 Å². The van der Waals surface area contributed by atoms with Crippen LogP contribution in [0.15, 0.2) is 36.5 Å². The fourth-order valence-electron chi connectivity index (χ4n) is 2.15. The molecule has 0 unspecified atom stereocenters. The zero-order valence-electron chi connectivity index (χ0n) is 11.6. The second-order valence-corrected chi connectivity index (χ2v) is 5.17. The van der Waals surface area contributed by atoms with Crippen molar-refractivity contribution in [1.82, 2.24) is 9.47 Å². The number of halogens is 1. The molecule has 4 nitrogen and oxygen atoms in total. The Hall–Kier alpha value is -1.94. The van der Waals surface area contributed by atoms with Crippen LogP contribution in [-0.4, -0.2) is 22.4 Å². The molecule has 0 saturated heterocycles. The monoisotopic (exact) mass is 291 g/mol. The Bertz CT molecular complexity index is 621. The highest BCUT2D eigenvalue weighted by molar-refractivity contribution is 6.30. The molecule has 0 radical (unpaired) electrons. The van der Waals surface area contributed by atoms with Crippen molar-refractivity contribution in [1.29, 1.82) is 0 Å². The van der Waals surface area contributed by atoms with E-state index in [0.717, 1.165) is 5.56 Å². The molecule has 2 aromatic rings. The van der Waals surface area contributed by atoms with E-state index >= 15 is 0 Å². The second kappa shape index (κ2) is 6.01. The third-order valence-electron chi connectivity index (χ3n) is 3.13. The first-order valence-corrected chi connectivity index (χ1v) is 6.84. The summed E-state index contributed by atoms with van der Waals surface area (Å²) in [5.41, 5.74) is 7.96. The summed E-state index contributed by atoms with van der Waals surface area (Å²) in [5.74, 6) is -0.0523. The summed E-state index contributed by atoms with van der Waals surface area (Å²) in [4.78, 5) is 14.1. The molecule has 106 valence electrons. The first-order chi connectivity index (χ1) is 9.51. The molecule has 2 N–H and O–H groups in total. The fourth-order valence-corrected chi connectivity index (χ4v) is 2.36. The molecule has 20 heavy (non-hydrogen) atoms. The lowest BCUT2D eigenvalue weighted by Gasteiger charge is -2.18. The van der Waals surface area contributed by atoms with Gasteiger partial charge in [-0.05, 0) is 30.7 Å². The van der Waals surface area contributed by atoms with E-state index in [0.29, 0.717) is 29.5 Å². The molecule has 0 saturated carbocycles. The highest BCUT2D eigenvalue weighted by Crippen LogP contribution is 2.16. The summed E-state index contributed by atoms with van der Waals surface area (Å²) in [6, 6.07) is 9.21. The zero-order valence-corrected chi connectivity index (χ0v) is 12.4. The van der Waals surface area contributed by atoms with Gasteiger partial charge in [0.05, 0.1) is 5.69 Å². The van der Waals surface area contributed by atoms with Crippen molar-refractivity contribution in [2.45, 2.75) is 20.0 Å². The summed E-state index contributed by atoms with van der Waals surface area (Å²) in [7, 11) is 1.77. The normalized spacial score (nSPS) is 10.6. The van der Waals surface area contributed by atoms with Crippen molar-refractivity contribution in [3.05, 3.63) is 52.8 Å². The topological polar surface area (TPSA) is 51.3 Å². The number of nitrogen functional groups attached to an aromatic ring is 1. The summed E-state index contributed by atoms with van der Waals surface area (Å²) in [6.45, 7) is 3.20. The van der Waals surface area contributed by atoms with Gasteiger partial charge >= 0.3 is 0 Å². The number of amides is 1. The van der Waals surface area contributed by atoms with Gasteiger partial charge in [-0.3, -0.25) is 4.79 Å². The number of carbonyl (C=O) groups is 1. The number of nitrogens with zero attached hydrogens (tertiary/aromatic N) is 2. The minimum Gasteiger partial charge on any atom is -0.397 e. The molecular weight excluding hydrogens is 274 g/mol. The molecule has 0 atom stereocenters. The lowest BCUT2D eigenvalue weighted by molar-refractivity contribution is 0.0774. The van der Waals surface area contributed by atoms with Crippen LogP contribution in [0, 0.1) is 0 Å². The Morgan fingerprint density at radius 2 is 2.15 bits per heavy atom. The van der Waals surface area contributed by atoms with Gasteiger partial charge in [0.25, 0.3) is 5.91 Å².